The molecule has 0 fully saturated rings. The molecule has 0 radical (unpaired) electrons. The van der Waals surface area contributed by atoms with Crippen molar-refractivity contribution in [2.45, 2.75) is 6.92 Å². The summed E-state index contributed by atoms with van der Waals surface area (Å²) in [6, 6.07) is 11.5. The van der Waals surface area contributed by atoms with Crippen molar-refractivity contribution in [3.05, 3.63) is 53.9 Å². The first-order valence-electron chi connectivity index (χ1n) is 6.80. The maximum atomic E-state index is 11.5. The number of ether oxygens (including phenoxy) is 1. The summed E-state index contributed by atoms with van der Waals surface area (Å²) in [6.07, 6.45) is 1.61. The Hall–Kier alpha value is -2.56. The summed E-state index contributed by atoms with van der Waals surface area (Å²) in [4.78, 5) is 15.5. The van der Waals surface area contributed by atoms with E-state index in [1.807, 2.05) is 37.3 Å². The van der Waals surface area contributed by atoms with Crippen molar-refractivity contribution < 1.29 is 9.53 Å². The van der Waals surface area contributed by atoms with Gasteiger partial charge in [0.1, 0.15) is 18.1 Å². The summed E-state index contributed by atoms with van der Waals surface area (Å²) in [5.74, 6) is 0.659. The number of benzene rings is 1. The summed E-state index contributed by atoms with van der Waals surface area (Å²) in [5.41, 5.74) is 2.41. The third kappa shape index (κ3) is 4.49. The van der Waals surface area contributed by atoms with Crippen LogP contribution in [-0.4, -0.2) is 31.1 Å². The number of aryl methyl sites for hydroxylation is 1. The van der Waals surface area contributed by atoms with Gasteiger partial charge in [0.05, 0.1) is 0 Å². The molecule has 0 aliphatic heterocycles. The van der Waals surface area contributed by atoms with Crippen molar-refractivity contribution in [3.63, 3.8) is 0 Å². The quantitative estimate of drug-likeness (QED) is 0.799. The van der Waals surface area contributed by atoms with Crippen molar-refractivity contribution >= 4 is 11.6 Å². The number of amides is 1. The molecule has 21 heavy (non-hydrogen) atoms. The van der Waals surface area contributed by atoms with Crippen molar-refractivity contribution in [2.24, 2.45) is 0 Å². The highest BCUT2D eigenvalue weighted by atomic mass is 16.5. The number of rotatable bonds is 6. The second kappa shape index (κ2) is 7.28. The zero-order valence-electron chi connectivity index (χ0n) is 12.2. The van der Waals surface area contributed by atoms with Gasteiger partial charge in [0.2, 0.25) is 0 Å². The van der Waals surface area contributed by atoms with E-state index < -0.39 is 0 Å². The van der Waals surface area contributed by atoms with E-state index in [1.54, 1.807) is 19.3 Å². The summed E-state index contributed by atoms with van der Waals surface area (Å²) < 4.78 is 5.65. The molecule has 0 atom stereocenters. The van der Waals surface area contributed by atoms with Gasteiger partial charge in [0.25, 0.3) is 5.91 Å². The summed E-state index contributed by atoms with van der Waals surface area (Å²) >= 11 is 0. The van der Waals surface area contributed by atoms with E-state index in [4.69, 9.17) is 4.74 Å². The van der Waals surface area contributed by atoms with Crippen LogP contribution in [0.5, 0.6) is 5.75 Å². The molecule has 1 amide bonds. The highest BCUT2D eigenvalue weighted by Gasteiger charge is 2.04. The van der Waals surface area contributed by atoms with Gasteiger partial charge >= 0.3 is 0 Å². The normalized spacial score (nSPS) is 10.0. The minimum Gasteiger partial charge on any atom is -0.492 e. The van der Waals surface area contributed by atoms with E-state index in [9.17, 15) is 4.79 Å². The number of carbonyl (C=O) groups is 1. The third-order valence-corrected chi connectivity index (χ3v) is 2.91. The highest BCUT2D eigenvalue weighted by molar-refractivity contribution is 5.92. The second-order valence-corrected chi connectivity index (χ2v) is 4.60. The molecular weight excluding hydrogens is 266 g/mol. The van der Waals surface area contributed by atoms with Crippen LogP contribution in [0, 0.1) is 6.92 Å². The first kappa shape index (κ1) is 14.8. The van der Waals surface area contributed by atoms with Crippen LogP contribution in [0.4, 0.5) is 5.69 Å². The van der Waals surface area contributed by atoms with Gasteiger partial charge in [-0.1, -0.05) is 12.1 Å². The van der Waals surface area contributed by atoms with Crippen molar-refractivity contribution in [1.29, 1.82) is 0 Å². The molecule has 110 valence electrons. The Morgan fingerprint density at radius 2 is 2.14 bits per heavy atom. The van der Waals surface area contributed by atoms with Crippen LogP contribution in [-0.2, 0) is 0 Å². The predicted molar refractivity (Wildman–Crippen MR) is 82.8 cm³/mol. The summed E-state index contributed by atoms with van der Waals surface area (Å²) in [6.45, 7) is 3.22. The van der Waals surface area contributed by atoms with Crippen LogP contribution >= 0.6 is 0 Å². The molecule has 0 aliphatic carbocycles. The highest BCUT2D eigenvalue weighted by Crippen LogP contribution is 2.12. The van der Waals surface area contributed by atoms with Crippen LogP contribution in [0.25, 0.3) is 0 Å². The molecule has 1 aromatic carbocycles. The molecule has 1 aromatic heterocycles. The largest absolute Gasteiger partial charge is 0.492 e. The van der Waals surface area contributed by atoms with Crippen LogP contribution in [0.2, 0.25) is 0 Å². The number of aromatic nitrogens is 1. The molecule has 0 bridgehead atoms. The second-order valence-electron chi connectivity index (χ2n) is 4.60. The standard InChI is InChI=1S/C16H19N3O2/c1-12-4-3-5-14(10-12)21-9-8-18-13-6-7-19-15(11-13)16(20)17-2/h3-7,10-11H,8-9H2,1-2H3,(H,17,20)(H,18,19). The van der Waals surface area contributed by atoms with E-state index in [0.717, 1.165) is 11.4 Å². The Bertz CT molecular complexity index is 614. The Morgan fingerprint density at radius 3 is 2.90 bits per heavy atom. The van der Waals surface area contributed by atoms with Crippen LogP contribution < -0.4 is 15.4 Å². The SMILES string of the molecule is CNC(=O)c1cc(NCCOc2cccc(C)c2)ccn1. The number of carbonyl (C=O) groups excluding carboxylic acids is 1. The van der Waals surface area contributed by atoms with E-state index >= 15 is 0 Å². The van der Waals surface area contributed by atoms with Gasteiger partial charge in [-0.15, -0.1) is 0 Å². The minimum absolute atomic E-state index is 0.199. The number of nitrogens with one attached hydrogen (secondary N) is 2. The predicted octanol–water partition coefficient (Wildman–Crippen LogP) is 2.24. The summed E-state index contributed by atoms with van der Waals surface area (Å²) in [7, 11) is 1.58. The van der Waals surface area contributed by atoms with Gasteiger partial charge in [-0.25, -0.2) is 0 Å². The van der Waals surface area contributed by atoms with Gasteiger partial charge < -0.3 is 15.4 Å². The molecule has 0 saturated heterocycles. The molecule has 1 heterocycles. The molecule has 0 aliphatic rings. The maximum absolute atomic E-state index is 11.5. The smallest absolute Gasteiger partial charge is 0.269 e. The molecule has 0 spiro atoms. The Balaban J connectivity index is 1.82. The van der Waals surface area contributed by atoms with Crippen molar-refractivity contribution in [2.75, 3.05) is 25.5 Å². The number of hydrogen-bond acceptors (Lipinski definition) is 4. The zero-order valence-corrected chi connectivity index (χ0v) is 12.2. The Kier molecular flexibility index (Phi) is 5.15. The lowest BCUT2D eigenvalue weighted by atomic mass is 10.2. The monoisotopic (exact) mass is 285 g/mol. The van der Waals surface area contributed by atoms with E-state index in [1.165, 1.54) is 5.56 Å². The van der Waals surface area contributed by atoms with Crippen molar-refractivity contribution in [3.8, 4) is 5.75 Å². The topological polar surface area (TPSA) is 63.2 Å². The third-order valence-electron chi connectivity index (χ3n) is 2.91. The van der Waals surface area contributed by atoms with E-state index in [0.29, 0.717) is 18.8 Å². The zero-order chi connectivity index (χ0) is 15.1. The average molecular weight is 285 g/mol. The first-order valence-corrected chi connectivity index (χ1v) is 6.80. The molecule has 0 unspecified atom stereocenters. The van der Waals surface area contributed by atoms with Gasteiger partial charge in [0, 0.05) is 25.5 Å². The summed E-state index contributed by atoms with van der Waals surface area (Å²) in [5, 5.41) is 5.75. The van der Waals surface area contributed by atoms with Crippen molar-refractivity contribution in [1.82, 2.24) is 10.3 Å². The Morgan fingerprint density at radius 1 is 1.29 bits per heavy atom. The molecule has 2 rings (SSSR count). The fourth-order valence-electron chi connectivity index (χ4n) is 1.86. The molecule has 5 nitrogen and oxygen atoms in total. The van der Waals surface area contributed by atoms with Gasteiger partial charge in [-0.3, -0.25) is 9.78 Å². The van der Waals surface area contributed by atoms with Crippen LogP contribution in [0.1, 0.15) is 16.1 Å². The fraction of sp³-hybridized carbons (Fsp3) is 0.250. The van der Waals surface area contributed by atoms with Gasteiger partial charge in [-0.05, 0) is 36.8 Å². The van der Waals surface area contributed by atoms with E-state index in [-0.39, 0.29) is 5.91 Å². The van der Waals surface area contributed by atoms with Crippen LogP contribution in [0.3, 0.4) is 0 Å². The number of anilines is 1. The lowest BCUT2D eigenvalue weighted by molar-refractivity contribution is 0.0958. The number of nitrogens with zero attached hydrogens (tertiary/aromatic N) is 1. The number of pyridine rings is 1. The maximum Gasteiger partial charge on any atom is 0.269 e. The minimum atomic E-state index is -0.199. The van der Waals surface area contributed by atoms with Gasteiger partial charge in [-0.2, -0.15) is 0 Å². The Labute approximate surface area is 124 Å². The first-order chi connectivity index (χ1) is 10.2. The molecule has 0 saturated carbocycles. The number of hydrogen-bond donors (Lipinski definition) is 2. The lowest BCUT2D eigenvalue weighted by Gasteiger charge is -2.09. The molecule has 2 N–H and O–H groups in total. The van der Waals surface area contributed by atoms with Gasteiger partial charge in [0.15, 0.2) is 0 Å². The average Bonchev–Trinajstić information content (AvgIpc) is 2.51. The lowest BCUT2D eigenvalue weighted by Crippen LogP contribution is -2.19. The molecular formula is C16H19N3O2. The molecule has 2 aromatic rings. The fourth-order valence-corrected chi connectivity index (χ4v) is 1.86. The van der Waals surface area contributed by atoms with E-state index in [2.05, 4.69) is 15.6 Å². The molecule has 5 heteroatoms. The van der Waals surface area contributed by atoms with Crippen LogP contribution in [0.15, 0.2) is 42.6 Å².